The molecule has 2 aliphatic rings. The standard InChI is InChI=1S/C26H21BrO2/c1-3-9-18-22(4-2)28-23-12-7-5-10-19(23)26(18)20-11-6-8-13-24(20)29-25-16-17(27)14-15-21(25)26/h4-16H,3H2,1-2H3/b18-9+,22-4+. The van der Waals surface area contributed by atoms with E-state index in [1.807, 2.05) is 19.1 Å². The number of rotatable bonds is 1. The molecule has 3 aromatic carbocycles. The van der Waals surface area contributed by atoms with Crippen LogP contribution in [0.4, 0.5) is 0 Å². The van der Waals surface area contributed by atoms with Crippen molar-refractivity contribution < 1.29 is 9.47 Å². The first-order valence-corrected chi connectivity index (χ1v) is 10.7. The summed E-state index contributed by atoms with van der Waals surface area (Å²) in [7, 11) is 0. The van der Waals surface area contributed by atoms with Crippen LogP contribution in [0.3, 0.4) is 0 Å². The third-order valence-electron chi connectivity index (χ3n) is 5.71. The quantitative estimate of drug-likeness (QED) is 0.386. The van der Waals surface area contributed by atoms with Gasteiger partial charge in [-0.15, -0.1) is 0 Å². The monoisotopic (exact) mass is 444 g/mol. The summed E-state index contributed by atoms with van der Waals surface area (Å²) in [5.41, 5.74) is 4.10. The summed E-state index contributed by atoms with van der Waals surface area (Å²) in [4.78, 5) is 0. The number of benzene rings is 3. The van der Waals surface area contributed by atoms with E-state index in [4.69, 9.17) is 9.47 Å². The van der Waals surface area contributed by atoms with Crippen LogP contribution in [0.25, 0.3) is 0 Å². The first-order chi connectivity index (χ1) is 14.2. The van der Waals surface area contributed by atoms with Gasteiger partial charge in [0.2, 0.25) is 0 Å². The van der Waals surface area contributed by atoms with E-state index in [2.05, 4.69) is 89.6 Å². The van der Waals surface area contributed by atoms with Gasteiger partial charge in [0, 0.05) is 26.7 Å². The van der Waals surface area contributed by atoms with Gasteiger partial charge in [-0.25, -0.2) is 0 Å². The van der Waals surface area contributed by atoms with E-state index >= 15 is 0 Å². The highest BCUT2D eigenvalue weighted by Crippen LogP contribution is 2.60. The molecular weight excluding hydrogens is 424 g/mol. The van der Waals surface area contributed by atoms with Gasteiger partial charge in [-0.1, -0.05) is 71.4 Å². The molecule has 0 aromatic heterocycles. The highest BCUT2D eigenvalue weighted by Gasteiger charge is 2.51. The summed E-state index contributed by atoms with van der Waals surface area (Å²) in [6, 6.07) is 23.0. The van der Waals surface area contributed by atoms with Crippen LogP contribution in [0.1, 0.15) is 37.0 Å². The third kappa shape index (κ3) is 2.54. The molecule has 0 saturated heterocycles. The van der Waals surface area contributed by atoms with Crippen LogP contribution >= 0.6 is 15.9 Å². The Morgan fingerprint density at radius 1 is 0.828 bits per heavy atom. The molecule has 0 saturated carbocycles. The van der Waals surface area contributed by atoms with Crippen molar-refractivity contribution in [1.82, 2.24) is 0 Å². The van der Waals surface area contributed by atoms with Crippen LogP contribution in [0.5, 0.6) is 17.2 Å². The molecule has 3 aromatic rings. The smallest absolute Gasteiger partial charge is 0.133 e. The zero-order valence-electron chi connectivity index (χ0n) is 16.4. The molecule has 144 valence electrons. The average molecular weight is 445 g/mol. The lowest BCUT2D eigenvalue weighted by Gasteiger charge is -2.46. The number of hydrogen-bond acceptors (Lipinski definition) is 2. The van der Waals surface area contributed by atoms with Crippen molar-refractivity contribution in [2.45, 2.75) is 25.7 Å². The number of allylic oxidation sites excluding steroid dienone is 3. The topological polar surface area (TPSA) is 18.5 Å². The largest absolute Gasteiger partial charge is 0.457 e. The summed E-state index contributed by atoms with van der Waals surface area (Å²) in [6.07, 6.45) is 5.27. The van der Waals surface area contributed by atoms with E-state index in [-0.39, 0.29) is 0 Å². The summed E-state index contributed by atoms with van der Waals surface area (Å²) in [5, 5.41) is 0. The molecule has 0 amide bonds. The summed E-state index contributed by atoms with van der Waals surface area (Å²) < 4.78 is 13.7. The van der Waals surface area contributed by atoms with Gasteiger partial charge in [0.25, 0.3) is 0 Å². The predicted molar refractivity (Wildman–Crippen MR) is 120 cm³/mol. The Balaban J connectivity index is 2.00. The van der Waals surface area contributed by atoms with Gasteiger partial charge in [-0.05, 0) is 43.7 Å². The Kier molecular flexibility index (Phi) is 4.36. The van der Waals surface area contributed by atoms with Gasteiger partial charge in [0.05, 0.1) is 5.41 Å². The fourth-order valence-corrected chi connectivity index (χ4v) is 4.98. The van der Waals surface area contributed by atoms with Crippen LogP contribution in [-0.4, -0.2) is 0 Å². The van der Waals surface area contributed by atoms with Gasteiger partial charge in [-0.3, -0.25) is 0 Å². The molecule has 3 heteroatoms. The third-order valence-corrected chi connectivity index (χ3v) is 6.20. The van der Waals surface area contributed by atoms with E-state index in [9.17, 15) is 0 Å². The van der Waals surface area contributed by atoms with E-state index in [0.29, 0.717) is 0 Å². The summed E-state index contributed by atoms with van der Waals surface area (Å²) in [6.45, 7) is 4.20. The molecule has 1 spiro atoms. The molecule has 1 atom stereocenters. The maximum absolute atomic E-state index is 6.38. The molecule has 0 N–H and O–H groups in total. The number of fused-ring (bicyclic) bond motifs is 6. The summed E-state index contributed by atoms with van der Waals surface area (Å²) in [5.74, 6) is 3.54. The van der Waals surface area contributed by atoms with Crippen molar-refractivity contribution in [1.29, 1.82) is 0 Å². The van der Waals surface area contributed by atoms with E-state index in [1.54, 1.807) is 0 Å². The lowest BCUT2D eigenvalue weighted by atomic mass is 9.61. The second-order valence-electron chi connectivity index (χ2n) is 7.27. The van der Waals surface area contributed by atoms with Gasteiger partial charge in [0.1, 0.15) is 23.0 Å². The first kappa shape index (κ1) is 18.3. The fraction of sp³-hybridized carbons (Fsp3) is 0.154. The Labute approximate surface area is 179 Å². The fourth-order valence-electron chi connectivity index (χ4n) is 4.64. The second-order valence-corrected chi connectivity index (χ2v) is 8.18. The first-order valence-electron chi connectivity index (χ1n) is 9.92. The zero-order chi connectivity index (χ0) is 20.0. The minimum atomic E-state index is -0.489. The highest BCUT2D eigenvalue weighted by molar-refractivity contribution is 9.10. The van der Waals surface area contributed by atoms with E-state index in [1.165, 1.54) is 5.57 Å². The molecule has 0 aliphatic carbocycles. The Hall–Kier alpha value is -2.78. The van der Waals surface area contributed by atoms with Crippen molar-refractivity contribution in [2.24, 2.45) is 0 Å². The van der Waals surface area contributed by atoms with Crippen molar-refractivity contribution in [2.75, 3.05) is 0 Å². The lowest BCUT2D eigenvalue weighted by molar-refractivity contribution is 0.366. The van der Waals surface area contributed by atoms with Crippen LogP contribution in [-0.2, 0) is 5.41 Å². The Morgan fingerprint density at radius 2 is 1.45 bits per heavy atom. The minimum Gasteiger partial charge on any atom is -0.457 e. The van der Waals surface area contributed by atoms with Gasteiger partial charge in [0.15, 0.2) is 0 Å². The van der Waals surface area contributed by atoms with Crippen LogP contribution in [0, 0.1) is 0 Å². The van der Waals surface area contributed by atoms with Crippen LogP contribution in [0.2, 0.25) is 0 Å². The van der Waals surface area contributed by atoms with Gasteiger partial charge in [-0.2, -0.15) is 0 Å². The predicted octanol–water partition coefficient (Wildman–Crippen LogP) is 7.52. The Morgan fingerprint density at radius 3 is 2.10 bits per heavy atom. The molecule has 2 heterocycles. The van der Waals surface area contributed by atoms with Crippen LogP contribution < -0.4 is 9.47 Å². The zero-order valence-corrected chi connectivity index (χ0v) is 18.0. The molecule has 5 rings (SSSR count). The number of hydrogen-bond donors (Lipinski definition) is 0. The Bertz CT molecular complexity index is 1170. The van der Waals surface area contributed by atoms with Crippen LogP contribution in [0.15, 0.2) is 94.7 Å². The number of halogens is 1. The molecular formula is C26H21BrO2. The van der Waals surface area contributed by atoms with Crippen molar-refractivity contribution in [3.05, 3.63) is 111 Å². The summed E-state index contributed by atoms with van der Waals surface area (Å²) >= 11 is 3.62. The number of para-hydroxylation sites is 2. The highest BCUT2D eigenvalue weighted by atomic mass is 79.9. The molecule has 0 radical (unpaired) electrons. The van der Waals surface area contributed by atoms with Crippen molar-refractivity contribution in [3.63, 3.8) is 0 Å². The minimum absolute atomic E-state index is 0.489. The second kappa shape index (κ2) is 6.93. The van der Waals surface area contributed by atoms with Crippen molar-refractivity contribution >= 4 is 15.9 Å². The normalized spacial score (nSPS) is 21.9. The SMILES string of the molecule is C/C=C1/Oc2ccccc2C2(/C1=C/CC)c1ccccc1Oc1cc(Br)ccc12. The average Bonchev–Trinajstić information content (AvgIpc) is 2.75. The molecule has 1 unspecified atom stereocenters. The lowest BCUT2D eigenvalue weighted by Crippen LogP contribution is -2.39. The number of ether oxygens (including phenoxy) is 2. The molecule has 2 nitrogen and oxygen atoms in total. The molecule has 2 aliphatic heterocycles. The molecule has 29 heavy (non-hydrogen) atoms. The molecule has 0 bridgehead atoms. The molecule has 0 fully saturated rings. The van der Waals surface area contributed by atoms with Gasteiger partial charge < -0.3 is 9.47 Å². The maximum atomic E-state index is 6.38. The maximum Gasteiger partial charge on any atom is 0.133 e. The van der Waals surface area contributed by atoms with E-state index < -0.39 is 5.41 Å². The van der Waals surface area contributed by atoms with Crippen molar-refractivity contribution in [3.8, 4) is 17.2 Å². The van der Waals surface area contributed by atoms with Gasteiger partial charge >= 0.3 is 0 Å². The van der Waals surface area contributed by atoms with E-state index in [0.717, 1.165) is 50.6 Å².